The van der Waals surface area contributed by atoms with Crippen LogP contribution in [-0.2, 0) is 11.2 Å². The number of aliphatic imine (C=N–C) groups is 1. The van der Waals surface area contributed by atoms with Gasteiger partial charge in [0.05, 0.1) is 5.69 Å². The highest BCUT2D eigenvalue weighted by atomic mass is 127. The van der Waals surface area contributed by atoms with Crippen LogP contribution in [-0.4, -0.2) is 55.7 Å². The first kappa shape index (κ1) is 21.7. The van der Waals surface area contributed by atoms with E-state index in [0.29, 0.717) is 12.3 Å². The molecule has 0 radical (unpaired) electrons. The van der Waals surface area contributed by atoms with E-state index in [9.17, 15) is 4.79 Å². The molecule has 2 N–H and O–H groups in total. The second kappa shape index (κ2) is 10.6. The molecule has 1 aliphatic heterocycles. The molecule has 1 aliphatic rings. The molecular formula is C17H30IN5O2. The van der Waals surface area contributed by atoms with E-state index in [-0.39, 0.29) is 29.9 Å². The summed E-state index contributed by atoms with van der Waals surface area (Å²) in [5, 5.41) is 10.1. The van der Waals surface area contributed by atoms with E-state index in [4.69, 9.17) is 4.52 Å². The summed E-state index contributed by atoms with van der Waals surface area (Å²) in [6.45, 7) is 6.59. The molecule has 0 aliphatic carbocycles. The number of amides is 1. The number of aromatic nitrogens is 1. The number of hydrogen-bond donors (Lipinski definition) is 2. The van der Waals surface area contributed by atoms with E-state index in [1.54, 1.807) is 7.05 Å². The number of halogens is 1. The summed E-state index contributed by atoms with van der Waals surface area (Å²) in [4.78, 5) is 18.1. The predicted octanol–water partition coefficient (Wildman–Crippen LogP) is 1.88. The van der Waals surface area contributed by atoms with E-state index < -0.39 is 0 Å². The maximum atomic E-state index is 11.5. The van der Waals surface area contributed by atoms with Gasteiger partial charge in [-0.25, -0.2) is 0 Å². The van der Waals surface area contributed by atoms with Crippen LogP contribution in [0, 0.1) is 19.8 Å². The fourth-order valence-corrected chi connectivity index (χ4v) is 3.20. The molecule has 0 saturated carbocycles. The smallest absolute Gasteiger partial charge is 0.220 e. The van der Waals surface area contributed by atoms with Gasteiger partial charge in [0.2, 0.25) is 5.91 Å². The molecule has 1 aromatic heterocycles. The third-order valence-electron chi connectivity index (χ3n) is 4.72. The van der Waals surface area contributed by atoms with Gasteiger partial charge in [-0.1, -0.05) is 5.16 Å². The summed E-state index contributed by atoms with van der Waals surface area (Å²) in [6.07, 6.45) is 3.55. The van der Waals surface area contributed by atoms with Crippen molar-refractivity contribution < 1.29 is 9.32 Å². The van der Waals surface area contributed by atoms with Crippen molar-refractivity contribution in [3.05, 3.63) is 17.0 Å². The largest absolute Gasteiger partial charge is 0.361 e. The lowest BCUT2D eigenvalue weighted by atomic mass is 9.93. The molecule has 25 heavy (non-hydrogen) atoms. The van der Waals surface area contributed by atoms with E-state index in [1.165, 1.54) is 5.56 Å². The molecule has 0 atom stereocenters. The zero-order valence-corrected chi connectivity index (χ0v) is 17.9. The van der Waals surface area contributed by atoms with Crippen molar-refractivity contribution in [3.63, 3.8) is 0 Å². The molecular weight excluding hydrogens is 433 g/mol. The molecule has 0 spiro atoms. The van der Waals surface area contributed by atoms with Crippen LogP contribution < -0.4 is 10.6 Å². The second-order valence-electron chi connectivity index (χ2n) is 6.33. The van der Waals surface area contributed by atoms with Gasteiger partial charge in [0, 0.05) is 45.7 Å². The SMILES string of the molecule is CN=C(NCCc1c(C)noc1C)N1CCC(CC(=O)NC)CC1.I. The second-order valence-corrected chi connectivity index (χ2v) is 6.33. The molecule has 1 saturated heterocycles. The summed E-state index contributed by atoms with van der Waals surface area (Å²) < 4.78 is 5.20. The number of piperidine rings is 1. The minimum atomic E-state index is 0. The zero-order valence-electron chi connectivity index (χ0n) is 15.6. The van der Waals surface area contributed by atoms with Crippen LogP contribution in [0.4, 0.5) is 0 Å². The van der Waals surface area contributed by atoms with Gasteiger partial charge >= 0.3 is 0 Å². The average Bonchev–Trinajstić information content (AvgIpc) is 2.91. The van der Waals surface area contributed by atoms with Crippen molar-refractivity contribution in [1.82, 2.24) is 20.7 Å². The van der Waals surface area contributed by atoms with Crippen LogP contribution in [0.2, 0.25) is 0 Å². The third-order valence-corrected chi connectivity index (χ3v) is 4.72. The lowest BCUT2D eigenvalue weighted by molar-refractivity contribution is -0.121. The topological polar surface area (TPSA) is 82.8 Å². The van der Waals surface area contributed by atoms with Gasteiger partial charge in [0.1, 0.15) is 5.76 Å². The highest BCUT2D eigenvalue weighted by molar-refractivity contribution is 14.0. The molecule has 8 heteroatoms. The Labute approximate surface area is 167 Å². The van der Waals surface area contributed by atoms with Gasteiger partial charge < -0.3 is 20.1 Å². The highest BCUT2D eigenvalue weighted by Crippen LogP contribution is 2.20. The standard InChI is InChI=1S/C17H29N5O2.HI/c1-12-15(13(2)24-21-12)5-8-20-17(19-4)22-9-6-14(7-10-22)11-16(23)18-3;/h14H,5-11H2,1-4H3,(H,18,23)(H,19,20);1H. The number of rotatable bonds is 5. The number of likely N-dealkylation sites (tertiary alicyclic amines) is 1. The van der Waals surface area contributed by atoms with Gasteiger partial charge in [0.15, 0.2) is 5.96 Å². The monoisotopic (exact) mass is 463 g/mol. The highest BCUT2D eigenvalue weighted by Gasteiger charge is 2.23. The zero-order chi connectivity index (χ0) is 17.5. The normalized spacial score (nSPS) is 15.7. The Kier molecular flexibility index (Phi) is 9.23. The lowest BCUT2D eigenvalue weighted by Crippen LogP contribution is -2.46. The van der Waals surface area contributed by atoms with Gasteiger partial charge in [-0.2, -0.15) is 0 Å². The Bertz CT molecular complexity index is 560. The van der Waals surface area contributed by atoms with Crippen LogP contribution >= 0.6 is 24.0 Å². The molecule has 2 heterocycles. The fourth-order valence-electron chi connectivity index (χ4n) is 3.20. The number of hydrogen-bond acceptors (Lipinski definition) is 4. The van der Waals surface area contributed by atoms with E-state index in [1.807, 2.05) is 20.9 Å². The molecule has 142 valence electrons. The van der Waals surface area contributed by atoms with Crippen LogP contribution in [0.15, 0.2) is 9.52 Å². The first-order valence-electron chi connectivity index (χ1n) is 8.63. The van der Waals surface area contributed by atoms with Crippen molar-refractivity contribution >= 4 is 35.8 Å². The third kappa shape index (κ3) is 6.16. The summed E-state index contributed by atoms with van der Waals surface area (Å²) in [5.41, 5.74) is 2.13. The number of carbonyl (C=O) groups is 1. The van der Waals surface area contributed by atoms with E-state index >= 15 is 0 Å². The Balaban J connectivity index is 0.00000312. The lowest BCUT2D eigenvalue weighted by Gasteiger charge is -2.34. The molecule has 7 nitrogen and oxygen atoms in total. The van der Waals surface area contributed by atoms with Crippen molar-refractivity contribution in [3.8, 4) is 0 Å². The average molecular weight is 463 g/mol. The van der Waals surface area contributed by atoms with Gasteiger partial charge in [-0.3, -0.25) is 9.79 Å². The molecule has 2 rings (SSSR count). The first-order valence-corrected chi connectivity index (χ1v) is 8.63. The van der Waals surface area contributed by atoms with Crippen LogP contribution in [0.1, 0.15) is 36.3 Å². The van der Waals surface area contributed by atoms with Crippen molar-refractivity contribution in [2.45, 2.75) is 39.5 Å². The fraction of sp³-hybridized carbons (Fsp3) is 0.706. The minimum absolute atomic E-state index is 0. The van der Waals surface area contributed by atoms with Crippen molar-refractivity contribution in [2.75, 3.05) is 33.7 Å². The Morgan fingerprint density at radius 1 is 1.36 bits per heavy atom. The van der Waals surface area contributed by atoms with Crippen LogP contribution in [0.25, 0.3) is 0 Å². The van der Waals surface area contributed by atoms with E-state index in [0.717, 1.165) is 56.3 Å². The number of carbonyl (C=O) groups excluding carboxylic acids is 1. The van der Waals surface area contributed by atoms with Crippen molar-refractivity contribution in [1.29, 1.82) is 0 Å². The Morgan fingerprint density at radius 3 is 2.56 bits per heavy atom. The minimum Gasteiger partial charge on any atom is -0.361 e. The van der Waals surface area contributed by atoms with Gasteiger partial charge in [-0.05, 0) is 39.0 Å². The Hall–Kier alpha value is -1.32. The number of nitrogens with zero attached hydrogens (tertiary/aromatic N) is 3. The number of aryl methyl sites for hydroxylation is 2. The predicted molar refractivity (Wildman–Crippen MR) is 109 cm³/mol. The van der Waals surface area contributed by atoms with Crippen molar-refractivity contribution in [2.24, 2.45) is 10.9 Å². The maximum Gasteiger partial charge on any atom is 0.220 e. The van der Waals surface area contributed by atoms with Crippen LogP contribution in [0.5, 0.6) is 0 Å². The molecule has 1 fully saturated rings. The summed E-state index contributed by atoms with van der Waals surface area (Å²) in [5.74, 6) is 2.43. The molecule has 0 unspecified atom stereocenters. The number of nitrogens with one attached hydrogen (secondary N) is 2. The summed E-state index contributed by atoms with van der Waals surface area (Å²) >= 11 is 0. The molecule has 0 bridgehead atoms. The number of guanidine groups is 1. The maximum absolute atomic E-state index is 11.5. The van der Waals surface area contributed by atoms with Gasteiger partial charge in [0.25, 0.3) is 0 Å². The Morgan fingerprint density at radius 2 is 2.04 bits per heavy atom. The molecule has 0 aromatic carbocycles. The quantitative estimate of drug-likeness (QED) is 0.396. The summed E-state index contributed by atoms with van der Waals surface area (Å²) in [7, 11) is 3.51. The van der Waals surface area contributed by atoms with Gasteiger partial charge in [-0.15, -0.1) is 24.0 Å². The molecule has 1 aromatic rings. The van der Waals surface area contributed by atoms with E-state index in [2.05, 4.69) is 25.7 Å². The molecule has 1 amide bonds. The summed E-state index contributed by atoms with van der Waals surface area (Å²) in [6, 6.07) is 0. The van der Waals surface area contributed by atoms with Crippen LogP contribution in [0.3, 0.4) is 0 Å². The first-order chi connectivity index (χ1) is 11.5.